The molecule has 0 bridgehead atoms. The minimum absolute atomic E-state index is 0.200. The molecule has 1 aliphatic heterocycles. The van der Waals surface area contributed by atoms with E-state index in [-0.39, 0.29) is 12.2 Å². The van der Waals surface area contributed by atoms with Crippen LogP contribution in [0.5, 0.6) is 0 Å². The van der Waals surface area contributed by atoms with Gasteiger partial charge in [0.25, 0.3) is 5.91 Å². The summed E-state index contributed by atoms with van der Waals surface area (Å²) in [5.41, 5.74) is 2.20. The van der Waals surface area contributed by atoms with E-state index in [2.05, 4.69) is 24.1 Å². The van der Waals surface area contributed by atoms with Crippen LogP contribution in [-0.4, -0.2) is 48.2 Å². The van der Waals surface area contributed by atoms with E-state index in [1.165, 1.54) is 6.92 Å². The lowest BCUT2D eigenvalue weighted by Crippen LogP contribution is -2.44. The Balaban J connectivity index is 1.55. The van der Waals surface area contributed by atoms with Gasteiger partial charge in [0.15, 0.2) is 6.10 Å². The smallest absolute Gasteiger partial charge is 0.338 e. The van der Waals surface area contributed by atoms with Gasteiger partial charge in [0.05, 0.1) is 29.0 Å². The van der Waals surface area contributed by atoms with Crippen LogP contribution in [0.1, 0.15) is 42.3 Å². The van der Waals surface area contributed by atoms with Crippen molar-refractivity contribution in [3.05, 3.63) is 65.2 Å². The van der Waals surface area contributed by atoms with Crippen molar-refractivity contribution in [1.82, 2.24) is 4.90 Å². The van der Waals surface area contributed by atoms with Crippen LogP contribution in [-0.2, 0) is 20.8 Å². The number of para-hydroxylation sites is 1. The number of amides is 1. The molecule has 0 aromatic heterocycles. The minimum atomic E-state index is -1.00. The first kappa shape index (κ1) is 22.5. The van der Waals surface area contributed by atoms with E-state index >= 15 is 0 Å². The summed E-state index contributed by atoms with van der Waals surface area (Å²) in [5, 5.41) is 11.7. The lowest BCUT2D eigenvalue weighted by Gasteiger charge is -2.35. The number of esters is 1. The predicted molar refractivity (Wildman–Crippen MR) is 116 cm³/mol. The van der Waals surface area contributed by atoms with Gasteiger partial charge in [0, 0.05) is 19.6 Å². The number of hydrogen-bond donors (Lipinski definition) is 1. The molecule has 3 rings (SSSR count). The summed E-state index contributed by atoms with van der Waals surface area (Å²) >= 11 is 0. The van der Waals surface area contributed by atoms with Crippen LogP contribution in [0.2, 0.25) is 0 Å². The van der Waals surface area contributed by atoms with Gasteiger partial charge in [-0.2, -0.15) is 5.26 Å². The largest absolute Gasteiger partial charge is 0.449 e. The molecule has 1 heterocycles. The van der Waals surface area contributed by atoms with Crippen molar-refractivity contribution in [2.45, 2.75) is 45.6 Å². The highest BCUT2D eigenvalue weighted by atomic mass is 16.5. The van der Waals surface area contributed by atoms with E-state index in [1.807, 2.05) is 18.2 Å². The lowest BCUT2D eigenvalue weighted by molar-refractivity contribution is -0.123. The molecule has 31 heavy (non-hydrogen) atoms. The maximum Gasteiger partial charge on any atom is 0.338 e. The standard InChI is InChI=1S/C24H27N3O4/c1-16-13-27(14-17(2)30-16)15-19-8-10-20(11-9-19)24(29)31-18(3)23(28)26-22-7-5-4-6-21(22)12-25/h4-11,16-18H,13-15H2,1-3H3,(H,26,28). The molecule has 1 amide bonds. The zero-order chi connectivity index (χ0) is 22.4. The second kappa shape index (κ2) is 10.2. The zero-order valence-electron chi connectivity index (χ0n) is 18.0. The molecule has 7 nitrogen and oxygen atoms in total. The average molecular weight is 421 g/mol. The highest BCUT2D eigenvalue weighted by Crippen LogP contribution is 2.17. The van der Waals surface area contributed by atoms with Crippen LogP contribution < -0.4 is 5.32 Å². The van der Waals surface area contributed by atoms with Crippen molar-refractivity contribution in [3.63, 3.8) is 0 Å². The first-order valence-corrected chi connectivity index (χ1v) is 10.3. The van der Waals surface area contributed by atoms with Gasteiger partial charge in [-0.3, -0.25) is 9.69 Å². The molecule has 2 aromatic carbocycles. The Morgan fingerprint density at radius 1 is 1.16 bits per heavy atom. The first-order valence-electron chi connectivity index (χ1n) is 10.3. The van der Waals surface area contributed by atoms with Crippen molar-refractivity contribution in [2.75, 3.05) is 18.4 Å². The van der Waals surface area contributed by atoms with Gasteiger partial charge in [-0.25, -0.2) is 4.79 Å². The third kappa shape index (κ3) is 6.14. The Labute approximate surface area is 182 Å². The highest BCUT2D eigenvalue weighted by molar-refractivity contribution is 5.98. The molecule has 3 atom stereocenters. The summed E-state index contributed by atoms with van der Waals surface area (Å²) < 4.78 is 11.1. The van der Waals surface area contributed by atoms with Gasteiger partial charge in [-0.1, -0.05) is 24.3 Å². The van der Waals surface area contributed by atoms with E-state index < -0.39 is 18.0 Å². The number of anilines is 1. The van der Waals surface area contributed by atoms with Crippen molar-refractivity contribution in [2.24, 2.45) is 0 Å². The van der Waals surface area contributed by atoms with Crippen LogP contribution in [0.4, 0.5) is 5.69 Å². The minimum Gasteiger partial charge on any atom is -0.449 e. The Hall–Kier alpha value is -3.21. The van der Waals surface area contributed by atoms with Gasteiger partial charge >= 0.3 is 5.97 Å². The Morgan fingerprint density at radius 2 is 1.81 bits per heavy atom. The summed E-state index contributed by atoms with van der Waals surface area (Å²) in [6.07, 6.45) is -0.605. The predicted octanol–water partition coefficient (Wildman–Crippen LogP) is 3.35. The van der Waals surface area contributed by atoms with Gasteiger partial charge < -0.3 is 14.8 Å². The molecule has 0 saturated carbocycles. The number of nitrogens with zero attached hydrogens (tertiary/aromatic N) is 2. The summed E-state index contributed by atoms with van der Waals surface area (Å²) in [4.78, 5) is 27.1. The van der Waals surface area contributed by atoms with E-state index in [4.69, 9.17) is 14.7 Å². The van der Waals surface area contributed by atoms with Crippen LogP contribution in [0, 0.1) is 11.3 Å². The summed E-state index contributed by atoms with van der Waals surface area (Å²) in [6, 6.07) is 15.9. The fraction of sp³-hybridized carbons (Fsp3) is 0.375. The fourth-order valence-corrected chi connectivity index (χ4v) is 3.62. The molecule has 1 saturated heterocycles. The van der Waals surface area contributed by atoms with Gasteiger partial charge in [-0.05, 0) is 50.6 Å². The number of carbonyl (C=O) groups excluding carboxylic acids is 2. The second-order valence-corrected chi connectivity index (χ2v) is 7.84. The first-order chi connectivity index (χ1) is 14.9. The molecule has 1 aliphatic rings. The summed E-state index contributed by atoms with van der Waals surface area (Å²) in [6.45, 7) is 8.16. The topological polar surface area (TPSA) is 91.7 Å². The Kier molecular flexibility index (Phi) is 7.40. The number of hydrogen-bond acceptors (Lipinski definition) is 6. The lowest BCUT2D eigenvalue weighted by atomic mass is 10.1. The number of carbonyl (C=O) groups is 2. The van der Waals surface area contributed by atoms with Crippen molar-refractivity contribution in [1.29, 1.82) is 5.26 Å². The molecular formula is C24H27N3O4. The number of morpholine rings is 1. The van der Waals surface area contributed by atoms with Crippen LogP contribution >= 0.6 is 0 Å². The number of ether oxygens (including phenoxy) is 2. The number of nitrogens with one attached hydrogen (secondary N) is 1. The molecule has 2 aromatic rings. The number of nitriles is 1. The highest BCUT2D eigenvalue weighted by Gasteiger charge is 2.23. The van der Waals surface area contributed by atoms with E-state index in [9.17, 15) is 9.59 Å². The molecule has 0 spiro atoms. The van der Waals surface area contributed by atoms with E-state index in [0.717, 1.165) is 25.2 Å². The summed E-state index contributed by atoms with van der Waals surface area (Å²) in [7, 11) is 0. The van der Waals surface area contributed by atoms with Gasteiger partial charge in [0.2, 0.25) is 0 Å². The molecule has 3 unspecified atom stereocenters. The normalized spacial score (nSPS) is 19.8. The van der Waals surface area contributed by atoms with E-state index in [0.29, 0.717) is 16.8 Å². The molecular weight excluding hydrogens is 394 g/mol. The van der Waals surface area contributed by atoms with Crippen molar-refractivity contribution < 1.29 is 19.1 Å². The van der Waals surface area contributed by atoms with Crippen LogP contribution in [0.15, 0.2) is 48.5 Å². The molecule has 1 fully saturated rings. The summed E-state index contributed by atoms with van der Waals surface area (Å²) in [5.74, 6) is -1.07. The van der Waals surface area contributed by atoms with Crippen LogP contribution in [0.25, 0.3) is 0 Å². The monoisotopic (exact) mass is 421 g/mol. The van der Waals surface area contributed by atoms with Crippen molar-refractivity contribution in [3.8, 4) is 6.07 Å². The molecule has 7 heteroatoms. The Morgan fingerprint density at radius 3 is 2.45 bits per heavy atom. The third-order valence-corrected chi connectivity index (χ3v) is 5.05. The zero-order valence-corrected chi connectivity index (χ0v) is 18.0. The molecule has 0 radical (unpaired) electrons. The number of benzene rings is 2. The maximum atomic E-state index is 12.4. The van der Waals surface area contributed by atoms with Gasteiger partial charge in [-0.15, -0.1) is 0 Å². The van der Waals surface area contributed by atoms with Gasteiger partial charge in [0.1, 0.15) is 6.07 Å². The fourth-order valence-electron chi connectivity index (χ4n) is 3.62. The SMILES string of the molecule is CC1CN(Cc2ccc(C(=O)OC(C)C(=O)Nc3ccccc3C#N)cc2)CC(C)O1. The number of rotatable bonds is 6. The molecule has 0 aliphatic carbocycles. The van der Waals surface area contributed by atoms with Crippen molar-refractivity contribution >= 4 is 17.6 Å². The average Bonchev–Trinajstić information content (AvgIpc) is 2.73. The Bertz CT molecular complexity index is 958. The van der Waals surface area contributed by atoms with Crippen LogP contribution in [0.3, 0.4) is 0 Å². The molecule has 162 valence electrons. The maximum absolute atomic E-state index is 12.4. The third-order valence-electron chi connectivity index (χ3n) is 5.05. The quantitative estimate of drug-likeness (QED) is 0.719. The second-order valence-electron chi connectivity index (χ2n) is 7.84. The van der Waals surface area contributed by atoms with E-state index in [1.54, 1.807) is 36.4 Å². The molecule has 1 N–H and O–H groups in total.